The first-order valence-electron chi connectivity index (χ1n) is 9.85. The molecular weight excluding hydrogens is 535 g/mol. The highest BCUT2D eigenvalue weighted by Crippen LogP contribution is 2.43. The molecule has 3 heterocycles. The number of carbonyl (C=O) groups excluding carboxylic acids is 2. The van der Waals surface area contributed by atoms with Crippen molar-refractivity contribution in [1.82, 2.24) is 14.8 Å². The highest BCUT2D eigenvalue weighted by atomic mass is 79.9. The Morgan fingerprint density at radius 3 is 2.44 bits per heavy atom. The van der Waals surface area contributed by atoms with Crippen LogP contribution in [0, 0.1) is 13.8 Å². The SMILES string of the molecule is Cc1ccc(-c2cc(C(F)(F)F)nc3sc(C(N)=O)c(NC(=O)Cn4ncc(Br)c4C)c23)cc1. The number of hydrogen-bond acceptors (Lipinski definition) is 5. The van der Waals surface area contributed by atoms with Gasteiger partial charge in [-0.25, -0.2) is 4.98 Å². The molecule has 0 spiro atoms. The van der Waals surface area contributed by atoms with Crippen LogP contribution in [0.25, 0.3) is 21.3 Å². The second kappa shape index (κ2) is 8.84. The van der Waals surface area contributed by atoms with Gasteiger partial charge >= 0.3 is 6.18 Å². The van der Waals surface area contributed by atoms with Crippen LogP contribution in [-0.4, -0.2) is 26.6 Å². The fourth-order valence-electron chi connectivity index (χ4n) is 3.40. The summed E-state index contributed by atoms with van der Waals surface area (Å²) in [5.74, 6) is -1.42. The van der Waals surface area contributed by atoms with Crippen LogP contribution in [0.2, 0.25) is 0 Å². The van der Waals surface area contributed by atoms with E-state index in [-0.39, 0.29) is 32.9 Å². The van der Waals surface area contributed by atoms with Gasteiger partial charge in [-0.05, 0) is 47.0 Å². The lowest BCUT2D eigenvalue weighted by atomic mass is 10.00. The molecule has 12 heteroatoms. The molecular formula is C22H17BrF3N5O2S. The van der Waals surface area contributed by atoms with E-state index in [9.17, 15) is 22.8 Å². The van der Waals surface area contributed by atoms with Crippen LogP contribution in [0.5, 0.6) is 0 Å². The van der Waals surface area contributed by atoms with E-state index < -0.39 is 23.7 Å². The van der Waals surface area contributed by atoms with Gasteiger partial charge in [-0.3, -0.25) is 14.3 Å². The van der Waals surface area contributed by atoms with Gasteiger partial charge < -0.3 is 11.1 Å². The summed E-state index contributed by atoms with van der Waals surface area (Å²) in [4.78, 5) is 28.6. The summed E-state index contributed by atoms with van der Waals surface area (Å²) in [5, 5.41) is 6.96. The van der Waals surface area contributed by atoms with Crippen molar-refractivity contribution in [2.75, 3.05) is 5.32 Å². The maximum absolute atomic E-state index is 13.6. The maximum atomic E-state index is 13.6. The fraction of sp³-hybridized carbons (Fsp3) is 0.182. The van der Waals surface area contributed by atoms with Gasteiger partial charge in [0.1, 0.15) is 21.9 Å². The minimum absolute atomic E-state index is 0.0261. The largest absolute Gasteiger partial charge is 0.433 e. The third kappa shape index (κ3) is 4.55. The number of fused-ring (bicyclic) bond motifs is 1. The number of amides is 2. The van der Waals surface area contributed by atoms with Crippen LogP contribution in [0.15, 0.2) is 41.0 Å². The molecule has 3 aromatic heterocycles. The second-order valence-corrected chi connectivity index (χ2v) is 9.41. The average Bonchev–Trinajstić information content (AvgIpc) is 3.28. The Kier molecular flexibility index (Phi) is 6.21. The number of alkyl halides is 3. The molecule has 0 radical (unpaired) electrons. The molecule has 0 atom stereocenters. The monoisotopic (exact) mass is 551 g/mol. The standard InChI is InChI=1S/C22H17BrF3N5O2S/c1-10-3-5-12(6-4-10)13-7-15(22(24,25)26)29-21-17(13)18(19(34-21)20(27)33)30-16(32)9-31-11(2)14(23)8-28-31/h3-8H,9H2,1-2H3,(H2,27,33)(H,30,32). The minimum atomic E-state index is -4.71. The van der Waals surface area contributed by atoms with Crippen LogP contribution in [0.3, 0.4) is 0 Å². The maximum Gasteiger partial charge on any atom is 0.433 e. The highest BCUT2D eigenvalue weighted by Gasteiger charge is 2.35. The number of benzene rings is 1. The molecule has 2 amide bonds. The Bertz CT molecular complexity index is 1430. The molecule has 1 aromatic carbocycles. The van der Waals surface area contributed by atoms with Gasteiger partial charge in [0.2, 0.25) is 5.91 Å². The molecule has 0 saturated carbocycles. The van der Waals surface area contributed by atoms with Crippen molar-refractivity contribution < 1.29 is 22.8 Å². The van der Waals surface area contributed by atoms with E-state index >= 15 is 0 Å². The average molecular weight is 552 g/mol. The molecule has 7 nitrogen and oxygen atoms in total. The zero-order valence-electron chi connectivity index (χ0n) is 17.8. The van der Waals surface area contributed by atoms with E-state index in [1.54, 1.807) is 31.2 Å². The van der Waals surface area contributed by atoms with Crippen LogP contribution in [-0.2, 0) is 17.5 Å². The van der Waals surface area contributed by atoms with Gasteiger partial charge in [0, 0.05) is 5.39 Å². The number of halogens is 4. The number of pyridine rings is 1. The predicted octanol–water partition coefficient (Wildman–Crippen LogP) is 5.30. The van der Waals surface area contributed by atoms with E-state index in [1.807, 2.05) is 6.92 Å². The van der Waals surface area contributed by atoms with Crippen molar-refractivity contribution in [3.8, 4) is 11.1 Å². The Hall–Kier alpha value is -3.25. The van der Waals surface area contributed by atoms with E-state index in [4.69, 9.17) is 5.73 Å². The molecule has 176 valence electrons. The summed E-state index contributed by atoms with van der Waals surface area (Å²) in [6.45, 7) is 3.43. The number of nitrogens with two attached hydrogens (primary N) is 1. The Balaban J connectivity index is 1.90. The van der Waals surface area contributed by atoms with Crippen LogP contribution in [0.1, 0.15) is 26.6 Å². The first-order valence-corrected chi connectivity index (χ1v) is 11.5. The van der Waals surface area contributed by atoms with Crippen LogP contribution >= 0.6 is 27.3 Å². The van der Waals surface area contributed by atoms with Crippen molar-refractivity contribution in [2.24, 2.45) is 5.73 Å². The van der Waals surface area contributed by atoms with Crippen molar-refractivity contribution >= 4 is 55.0 Å². The van der Waals surface area contributed by atoms with E-state index in [0.29, 0.717) is 27.1 Å². The number of rotatable bonds is 5. The third-order valence-corrected chi connectivity index (χ3v) is 7.02. The highest BCUT2D eigenvalue weighted by molar-refractivity contribution is 9.10. The molecule has 0 unspecified atom stereocenters. The van der Waals surface area contributed by atoms with Crippen molar-refractivity contribution in [1.29, 1.82) is 0 Å². The van der Waals surface area contributed by atoms with E-state index in [0.717, 1.165) is 11.6 Å². The number of nitrogens with one attached hydrogen (secondary N) is 1. The number of hydrogen-bond donors (Lipinski definition) is 2. The van der Waals surface area contributed by atoms with Crippen LogP contribution in [0.4, 0.5) is 18.9 Å². The molecule has 34 heavy (non-hydrogen) atoms. The molecule has 0 aliphatic carbocycles. The second-order valence-electron chi connectivity index (χ2n) is 7.55. The summed E-state index contributed by atoms with van der Waals surface area (Å²) in [5.41, 5.74) is 6.70. The minimum Gasteiger partial charge on any atom is -0.365 e. The summed E-state index contributed by atoms with van der Waals surface area (Å²) in [6, 6.07) is 7.76. The lowest BCUT2D eigenvalue weighted by Gasteiger charge is -2.13. The van der Waals surface area contributed by atoms with Gasteiger partial charge in [-0.15, -0.1) is 11.3 Å². The zero-order valence-corrected chi connectivity index (χ0v) is 20.2. The number of nitrogens with zero attached hydrogens (tertiary/aromatic N) is 3. The summed E-state index contributed by atoms with van der Waals surface area (Å²) in [7, 11) is 0. The van der Waals surface area contributed by atoms with E-state index in [1.165, 1.54) is 10.9 Å². The molecule has 0 bridgehead atoms. The Morgan fingerprint density at radius 2 is 1.88 bits per heavy atom. The molecule has 0 aliphatic heterocycles. The molecule has 0 aliphatic rings. The van der Waals surface area contributed by atoms with Gasteiger partial charge in [0.05, 0.1) is 22.1 Å². The quantitative estimate of drug-likeness (QED) is 0.351. The predicted molar refractivity (Wildman–Crippen MR) is 127 cm³/mol. The lowest BCUT2D eigenvalue weighted by Crippen LogP contribution is -2.22. The van der Waals surface area contributed by atoms with Crippen molar-refractivity contribution in [3.63, 3.8) is 0 Å². The molecule has 0 saturated heterocycles. The normalized spacial score (nSPS) is 11.7. The number of aryl methyl sites for hydroxylation is 1. The van der Waals surface area contributed by atoms with Gasteiger partial charge in [-0.2, -0.15) is 18.3 Å². The first-order chi connectivity index (χ1) is 16.0. The summed E-state index contributed by atoms with van der Waals surface area (Å²) >= 11 is 4.02. The molecule has 3 N–H and O–H groups in total. The van der Waals surface area contributed by atoms with Gasteiger partial charge in [0.15, 0.2) is 0 Å². The Morgan fingerprint density at radius 1 is 1.21 bits per heavy atom. The number of primary amides is 1. The van der Waals surface area contributed by atoms with Crippen LogP contribution < -0.4 is 11.1 Å². The molecule has 4 rings (SSSR count). The number of carbonyl (C=O) groups is 2. The number of aromatic nitrogens is 3. The van der Waals surface area contributed by atoms with E-state index in [2.05, 4.69) is 31.3 Å². The zero-order chi connectivity index (χ0) is 24.8. The van der Waals surface area contributed by atoms with Gasteiger partial charge in [0.25, 0.3) is 5.91 Å². The third-order valence-electron chi connectivity index (χ3n) is 5.14. The smallest absolute Gasteiger partial charge is 0.365 e. The summed E-state index contributed by atoms with van der Waals surface area (Å²) < 4.78 is 43.0. The number of anilines is 1. The topological polar surface area (TPSA) is 103 Å². The van der Waals surface area contributed by atoms with Crippen molar-refractivity contribution in [3.05, 3.63) is 62.8 Å². The summed E-state index contributed by atoms with van der Waals surface area (Å²) in [6.07, 6.45) is -3.17. The lowest BCUT2D eigenvalue weighted by molar-refractivity contribution is -0.140. The molecule has 4 aromatic rings. The number of thiophene rings is 1. The first kappa shape index (κ1) is 23.9. The van der Waals surface area contributed by atoms with Crippen molar-refractivity contribution in [2.45, 2.75) is 26.6 Å². The fourth-order valence-corrected chi connectivity index (χ4v) is 4.70. The Labute approximate surface area is 203 Å². The molecule has 0 fully saturated rings. The van der Waals surface area contributed by atoms with Gasteiger partial charge in [-0.1, -0.05) is 29.8 Å².